The number of ether oxygens (including phenoxy) is 2. The first-order chi connectivity index (χ1) is 14.7. The van der Waals surface area contributed by atoms with Gasteiger partial charge in [-0.15, -0.1) is 0 Å². The fraction of sp³-hybridized carbons (Fsp3) is 0.455. The van der Waals surface area contributed by atoms with E-state index in [1.165, 1.54) is 0 Å². The van der Waals surface area contributed by atoms with E-state index in [-0.39, 0.29) is 13.2 Å². The Bertz CT molecular complexity index is 963. The van der Waals surface area contributed by atoms with E-state index >= 15 is 0 Å². The zero-order valence-electron chi connectivity index (χ0n) is 17.4. The van der Waals surface area contributed by atoms with Crippen LogP contribution in [0.2, 0.25) is 0 Å². The highest BCUT2D eigenvalue weighted by Crippen LogP contribution is 2.59. The number of nitrogens with zero attached hydrogens (tertiary/aromatic N) is 1. The third-order valence-electron chi connectivity index (χ3n) is 6.22. The van der Waals surface area contributed by atoms with Crippen molar-refractivity contribution in [2.45, 2.75) is 37.6 Å². The Labute approximate surface area is 179 Å². The smallest absolute Gasteiger partial charge is 0.313 e. The Hall–Kier alpha value is -3.20. The first kappa shape index (κ1) is 21.0. The van der Waals surface area contributed by atoms with Gasteiger partial charge in [-0.25, -0.2) is 0 Å². The number of hydrogen-bond acceptors (Lipinski definition) is 6. The molecule has 3 heterocycles. The van der Waals surface area contributed by atoms with Crippen molar-refractivity contribution in [1.29, 1.82) is 0 Å². The fourth-order valence-corrected chi connectivity index (χ4v) is 5.04. The number of benzene rings is 1. The van der Waals surface area contributed by atoms with Crippen LogP contribution in [0.15, 0.2) is 42.5 Å². The Morgan fingerprint density at radius 1 is 1.23 bits per heavy atom. The van der Waals surface area contributed by atoms with Crippen molar-refractivity contribution in [3.05, 3.63) is 48.0 Å². The fourth-order valence-electron chi connectivity index (χ4n) is 5.04. The van der Waals surface area contributed by atoms with Gasteiger partial charge in [-0.05, 0) is 19.4 Å². The third kappa shape index (κ3) is 3.20. The lowest BCUT2D eigenvalue weighted by molar-refractivity contribution is -0.157. The van der Waals surface area contributed by atoms with Crippen LogP contribution in [-0.4, -0.2) is 59.0 Å². The minimum atomic E-state index is -1.38. The normalized spacial score (nSPS) is 32.8. The molecule has 1 aromatic rings. The molecule has 9 nitrogen and oxygen atoms in total. The van der Waals surface area contributed by atoms with Crippen molar-refractivity contribution in [3.63, 3.8) is 0 Å². The van der Waals surface area contributed by atoms with E-state index in [0.717, 1.165) is 10.5 Å². The molecule has 3 N–H and O–H groups in total. The molecule has 0 aromatic heterocycles. The third-order valence-corrected chi connectivity index (χ3v) is 6.22. The molecule has 1 spiro atoms. The van der Waals surface area contributed by atoms with Gasteiger partial charge in [0.2, 0.25) is 17.7 Å². The number of likely N-dealkylation sites (tertiary alicyclic amines) is 1. The standard InChI is InChI=1S/C22H25N3O6/c1-3-30-20(29)16-15-19(28)25(12-14(23)26)17(22(15)10-9-21(16,2)31-22)18(27)24-11-13-7-5-4-6-8-13/h4-10,15-17H,3,11-12H2,1-2H3,(H2,23,26)(H,24,27)/t15-,16+,17?,21-,22-/m0/s1. The van der Waals surface area contributed by atoms with Crippen LogP contribution in [0.1, 0.15) is 19.4 Å². The largest absolute Gasteiger partial charge is 0.466 e. The summed E-state index contributed by atoms with van der Waals surface area (Å²) >= 11 is 0. The zero-order chi connectivity index (χ0) is 22.4. The highest BCUT2D eigenvalue weighted by Gasteiger charge is 2.76. The molecule has 0 aliphatic carbocycles. The van der Waals surface area contributed by atoms with Gasteiger partial charge in [0.25, 0.3) is 0 Å². The molecule has 9 heteroatoms. The molecule has 2 saturated heterocycles. The molecule has 0 radical (unpaired) electrons. The number of carbonyl (C=O) groups is 4. The summed E-state index contributed by atoms with van der Waals surface area (Å²) < 4.78 is 11.4. The summed E-state index contributed by atoms with van der Waals surface area (Å²) in [6.45, 7) is 3.30. The molecule has 2 fully saturated rings. The SMILES string of the molecule is CCOC(=O)[C@H]1[C@H]2C(=O)N(CC(N)=O)C(C(=O)NCc3ccccc3)[C@]23C=C[C@]1(C)O3. The Morgan fingerprint density at radius 3 is 2.58 bits per heavy atom. The van der Waals surface area contributed by atoms with Gasteiger partial charge in [0.15, 0.2) is 0 Å². The molecule has 164 valence electrons. The van der Waals surface area contributed by atoms with E-state index in [9.17, 15) is 19.2 Å². The number of carbonyl (C=O) groups excluding carboxylic acids is 4. The second-order valence-corrected chi connectivity index (χ2v) is 8.22. The minimum Gasteiger partial charge on any atom is -0.466 e. The molecular formula is C22H25N3O6. The molecule has 5 atom stereocenters. The molecule has 3 aliphatic rings. The van der Waals surface area contributed by atoms with E-state index in [1.54, 1.807) is 26.0 Å². The van der Waals surface area contributed by atoms with Gasteiger partial charge < -0.3 is 25.4 Å². The molecule has 1 aromatic carbocycles. The molecular weight excluding hydrogens is 402 g/mol. The van der Waals surface area contributed by atoms with Crippen LogP contribution < -0.4 is 11.1 Å². The maximum Gasteiger partial charge on any atom is 0.313 e. The molecule has 31 heavy (non-hydrogen) atoms. The maximum atomic E-state index is 13.4. The van der Waals surface area contributed by atoms with Gasteiger partial charge in [-0.2, -0.15) is 0 Å². The van der Waals surface area contributed by atoms with Gasteiger partial charge >= 0.3 is 5.97 Å². The van der Waals surface area contributed by atoms with E-state index in [0.29, 0.717) is 0 Å². The number of esters is 1. The van der Waals surface area contributed by atoms with Gasteiger partial charge in [-0.3, -0.25) is 19.2 Å². The van der Waals surface area contributed by atoms with Crippen LogP contribution in [0.25, 0.3) is 0 Å². The van der Waals surface area contributed by atoms with Crippen LogP contribution >= 0.6 is 0 Å². The van der Waals surface area contributed by atoms with Crippen LogP contribution in [0.4, 0.5) is 0 Å². The van der Waals surface area contributed by atoms with Gasteiger partial charge in [0, 0.05) is 6.54 Å². The van der Waals surface area contributed by atoms with E-state index in [1.807, 2.05) is 30.3 Å². The quantitative estimate of drug-likeness (QED) is 0.462. The highest BCUT2D eigenvalue weighted by atomic mass is 16.6. The zero-order valence-corrected chi connectivity index (χ0v) is 17.4. The summed E-state index contributed by atoms with van der Waals surface area (Å²) in [5.41, 5.74) is 3.78. The topological polar surface area (TPSA) is 128 Å². The second kappa shape index (κ2) is 7.49. The van der Waals surface area contributed by atoms with Gasteiger partial charge in [0.1, 0.15) is 24.1 Å². The molecule has 3 amide bonds. The first-order valence-corrected chi connectivity index (χ1v) is 10.2. The number of fused-ring (bicyclic) bond motifs is 1. The van der Waals surface area contributed by atoms with E-state index < -0.39 is 59.3 Å². The van der Waals surface area contributed by atoms with Crippen molar-refractivity contribution in [2.75, 3.05) is 13.2 Å². The summed E-state index contributed by atoms with van der Waals surface area (Å²) in [7, 11) is 0. The monoisotopic (exact) mass is 427 g/mol. The Kier molecular flexibility index (Phi) is 5.09. The van der Waals surface area contributed by atoms with Crippen molar-refractivity contribution < 1.29 is 28.7 Å². The lowest BCUT2D eigenvalue weighted by Crippen LogP contribution is -2.56. The summed E-state index contributed by atoms with van der Waals surface area (Å²) in [6, 6.07) is 8.15. The van der Waals surface area contributed by atoms with E-state index in [4.69, 9.17) is 15.2 Å². The number of nitrogens with two attached hydrogens (primary N) is 1. The maximum absolute atomic E-state index is 13.4. The van der Waals surface area contributed by atoms with Crippen LogP contribution in [0.3, 0.4) is 0 Å². The van der Waals surface area contributed by atoms with Gasteiger partial charge in [0.05, 0.1) is 18.1 Å². The summed E-state index contributed by atoms with van der Waals surface area (Å²) in [6.07, 6.45) is 3.36. The Balaban J connectivity index is 1.69. The molecule has 0 saturated carbocycles. The Morgan fingerprint density at radius 2 is 1.94 bits per heavy atom. The number of primary amides is 1. The van der Waals surface area contributed by atoms with E-state index in [2.05, 4.69) is 5.32 Å². The first-order valence-electron chi connectivity index (χ1n) is 10.2. The predicted molar refractivity (Wildman–Crippen MR) is 108 cm³/mol. The van der Waals surface area contributed by atoms with Crippen LogP contribution in [0.5, 0.6) is 0 Å². The summed E-state index contributed by atoms with van der Waals surface area (Å²) in [4.78, 5) is 52.2. The minimum absolute atomic E-state index is 0.148. The molecule has 1 unspecified atom stereocenters. The summed E-state index contributed by atoms with van der Waals surface area (Å²) in [5.74, 6) is -4.24. The van der Waals surface area contributed by atoms with Crippen molar-refractivity contribution >= 4 is 23.7 Å². The number of nitrogens with one attached hydrogen (secondary N) is 1. The average Bonchev–Trinajstić information content (AvgIpc) is 3.28. The molecule has 4 rings (SSSR count). The van der Waals surface area contributed by atoms with Gasteiger partial charge in [-0.1, -0.05) is 42.5 Å². The van der Waals surface area contributed by atoms with Crippen molar-refractivity contribution in [3.8, 4) is 0 Å². The predicted octanol–water partition coefficient (Wildman–Crippen LogP) is -0.108. The second-order valence-electron chi connectivity index (χ2n) is 8.22. The number of rotatable bonds is 7. The summed E-state index contributed by atoms with van der Waals surface area (Å²) in [5, 5.41) is 2.82. The highest BCUT2D eigenvalue weighted by molar-refractivity contribution is 6.01. The van der Waals surface area contributed by atoms with Crippen LogP contribution in [0, 0.1) is 11.8 Å². The lowest BCUT2D eigenvalue weighted by atomic mass is 9.70. The average molecular weight is 427 g/mol. The van der Waals surface area contributed by atoms with Crippen molar-refractivity contribution in [1.82, 2.24) is 10.2 Å². The lowest BCUT2D eigenvalue weighted by Gasteiger charge is -2.32. The van der Waals surface area contributed by atoms with Crippen LogP contribution in [-0.2, 0) is 35.2 Å². The van der Waals surface area contributed by atoms with Crippen molar-refractivity contribution in [2.24, 2.45) is 17.6 Å². The molecule has 2 bridgehead atoms. The molecule has 3 aliphatic heterocycles. The number of amides is 3. The number of hydrogen-bond donors (Lipinski definition) is 2.